The summed E-state index contributed by atoms with van der Waals surface area (Å²) in [5.41, 5.74) is 2.71. The third kappa shape index (κ3) is 3.55. The molecule has 1 aromatic heterocycles. The monoisotopic (exact) mass is 395 g/mol. The first-order chi connectivity index (χ1) is 13.9. The highest BCUT2D eigenvalue weighted by Gasteiger charge is 2.56. The number of carbonyl (C=O) groups excluding carboxylic acids is 2. The predicted octanol–water partition coefficient (Wildman–Crippen LogP) is 2.20. The number of rotatable bonds is 5. The van der Waals surface area contributed by atoms with Gasteiger partial charge >= 0.3 is 6.03 Å². The summed E-state index contributed by atoms with van der Waals surface area (Å²) in [4.78, 5) is 31.6. The Labute approximate surface area is 171 Å². The van der Waals surface area contributed by atoms with Crippen molar-refractivity contribution < 1.29 is 9.59 Å². The summed E-state index contributed by atoms with van der Waals surface area (Å²) in [7, 11) is 3.72. The molecule has 0 radical (unpaired) electrons. The molecule has 3 amide bonds. The van der Waals surface area contributed by atoms with Crippen molar-refractivity contribution in [3.8, 4) is 0 Å². The second-order valence-corrected chi connectivity index (χ2v) is 8.26. The molecule has 7 nitrogen and oxygen atoms in total. The molecule has 0 atom stereocenters. The average molecular weight is 396 g/mol. The summed E-state index contributed by atoms with van der Waals surface area (Å²) in [6.45, 7) is 4.89. The van der Waals surface area contributed by atoms with Gasteiger partial charge in [-0.15, -0.1) is 0 Å². The number of urea groups is 1. The van der Waals surface area contributed by atoms with Crippen molar-refractivity contribution in [3.63, 3.8) is 0 Å². The van der Waals surface area contributed by atoms with Crippen LogP contribution in [-0.2, 0) is 24.8 Å². The Hall–Kier alpha value is -2.67. The van der Waals surface area contributed by atoms with Crippen LogP contribution in [0.4, 0.5) is 4.79 Å². The molecule has 0 bridgehead atoms. The molecule has 1 spiro atoms. The third-order valence-corrected chi connectivity index (χ3v) is 6.46. The summed E-state index contributed by atoms with van der Waals surface area (Å²) in [6, 6.07) is 9.83. The summed E-state index contributed by atoms with van der Waals surface area (Å²) in [5.74, 6) is -0.0295. The molecule has 0 aliphatic carbocycles. The van der Waals surface area contributed by atoms with E-state index in [2.05, 4.69) is 16.2 Å². The molecule has 29 heavy (non-hydrogen) atoms. The number of nitrogens with zero attached hydrogens (tertiary/aromatic N) is 5. The van der Waals surface area contributed by atoms with Crippen molar-refractivity contribution >= 4 is 11.9 Å². The summed E-state index contributed by atoms with van der Waals surface area (Å²) >= 11 is 0. The molecular weight excluding hydrogens is 366 g/mol. The molecule has 0 unspecified atom stereocenters. The van der Waals surface area contributed by atoms with Gasteiger partial charge in [0, 0.05) is 52.0 Å². The first kappa shape index (κ1) is 19.6. The Morgan fingerprint density at radius 3 is 2.38 bits per heavy atom. The highest BCUT2D eigenvalue weighted by Crippen LogP contribution is 2.36. The molecule has 2 aliphatic heterocycles. The number of aryl methyl sites for hydroxylation is 2. The van der Waals surface area contributed by atoms with Gasteiger partial charge in [-0.25, -0.2) is 4.79 Å². The minimum Gasteiger partial charge on any atom is -0.312 e. The minimum absolute atomic E-state index is 0.0295. The standard InChI is InChI=1S/C22H29N5O2/c1-17-19(15-24(2)23-17)16-26-13-10-22(11-14-26)20(28)27(21(29)25(22)3)12-9-18-7-5-4-6-8-18/h4-8,15H,9-14,16H2,1-3H3. The molecule has 2 aromatic rings. The number of piperidine rings is 1. The molecule has 154 valence electrons. The summed E-state index contributed by atoms with van der Waals surface area (Å²) in [5, 5.41) is 4.41. The number of benzene rings is 1. The van der Waals surface area contributed by atoms with Crippen molar-refractivity contribution in [2.24, 2.45) is 7.05 Å². The SMILES string of the molecule is Cc1nn(C)cc1CN1CCC2(CC1)C(=O)N(CCc1ccccc1)C(=O)N2C. The summed E-state index contributed by atoms with van der Waals surface area (Å²) in [6.07, 6.45) is 4.10. The Morgan fingerprint density at radius 2 is 1.76 bits per heavy atom. The van der Waals surface area contributed by atoms with Crippen LogP contribution in [0.2, 0.25) is 0 Å². The number of hydrogen-bond acceptors (Lipinski definition) is 4. The molecule has 3 heterocycles. The number of likely N-dealkylation sites (N-methyl/N-ethyl adjacent to an activating group) is 1. The van der Waals surface area contributed by atoms with E-state index in [1.165, 1.54) is 10.5 Å². The van der Waals surface area contributed by atoms with E-state index in [1.807, 2.05) is 49.0 Å². The van der Waals surface area contributed by atoms with Gasteiger partial charge in [-0.3, -0.25) is 19.3 Å². The van der Waals surface area contributed by atoms with Crippen LogP contribution in [0.25, 0.3) is 0 Å². The minimum atomic E-state index is -0.686. The van der Waals surface area contributed by atoms with Gasteiger partial charge in [0.2, 0.25) is 0 Å². The summed E-state index contributed by atoms with van der Waals surface area (Å²) < 4.78 is 1.84. The van der Waals surface area contributed by atoms with E-state index in [1.54, 1.807) is 11.9 Å². The topological polar surface area (TPSA) is 61.7 Å². The maximum absolute atomic E-state index is 13.3. The second kappa shape index (κ2) is 7.63. The van der Waals surface area contributed by atoms with E-state index in [9.17, 15) is 9.59 Å². The molecule has 1 aromatic carbocycles. The van der Waals surface area contributed by atoms with Crippen molar-refractivity contribution in [1.29, 1.82) is 0 Å². The Bertz CT molecular complexity index is 899. The number of aromatic nitrogens is 2. The molecule has 2 fully saturated rings. The Kier molecular flexibility index (Phi) is 5.17. The maximum Gasteiger partial charge on any atom is 0.327 e. The van der Waals surface area contributed by atoms with Crippen LogP contribution in [0.3, 0.4) is 0 Å². The lowest BCUT2D eigenvalue weighted by atomic mass is 9.86. The van der Waals surface area contributed by atoms with E-state index >= 15 is 0 Å². The number of hydrogen-bond donors (Lipinski definition) is 0. The lowest BCUT2D eigenvalue weighted by Crippen LogP contribution is -2.55. The molecule has 2 aliphatic rings. The number of amides is 3. The number of likely N-dealkylation sites (tertiary alicyclic amines) is 1. The number of imide groups is 1. The van der Waals surface area contributed by atoms with Crippen molar-refractivity contribution in [2.75, 3.05) is 26.7 Å². The van der Waals surface area contributed by atoms with E-state index < -0.39 is 5.54 Å². The van der Waals surface area contributed by atoms with Crippen LogP contribution in [0, 0.1) is 6.92 Å². The van der Waals surface area contributed by atoms with E-state index in [-0.39, 0.29) is 11.9 Å². The maximum atomic E-state index is 13.3. The normalized spacial score (nSPS) is 19.6. The van der Waals surface area contributed by atoms with E-state index in [0.29, 0.717) is 25.8 Å². The average Bonchev–Trinajstić information content (AvgIpc) is 3.12. The van der Waals surface area contributed by atoms with Gasteiger partial charge in [0.05, 0.1) is 5.69 Å². The van der Waals surface area contributed by atoms with Crippen LogP contribution in [0.15, 0.2) is 36.5 Å². The largest absolute Gasteiger partial charge is 0.327 e. The smallest absolute Gasteiger partial charge is 0.312 e. The molecular formula is C22H29N5O2. The Morgan fingerprint density at radius 1 is 1.07 bits per heavy atom. The van der Waals surface area contributed by atoms with Gasteiger partial charge in [0.1, 0.15) is 5.54 Å². The zero-order valence-corrected chi connectivity index (χ0v) is 17.5. The highest BCUT2D eigenvalue weighted by atomic mass is 16.2. The quantitative estimate of drug-likeness (QED) is 0.728. The van der Waals surface area contributed by atoms with E-state index in [0.717, 1.165) is 30.9 Å². The van der Waals surface area contributed by atoms with Crippen LogP contribution in [0.5, 0.6) is 0 Å². The van der Waals surface area contributed by atoms with Gasteiger partial charge in [-0.1, -0.05) is 30.3 Å². The van der Waals surface area contributed by atoms with Crippen molar-refractivity contribution in [1.82, 2.24) is 24.5 Å². The first-order valence-corrected chi connectivity index (χ1v) is 10.3. The van der Waals surface area contributed by atoms with Crippen LogP contribution in [-0.4, -0.2) is 68.6 Å². The fourth-order valence-electron chi connectivity index (χ4n) is 4.60. The van der Waals surface area contributed by atoms with Gasteiger partial charge in [-0.05, 0) is 31.7 Å². The Balaban J connectivity index is 1.41. The molecule has 2 saturated heterocycles. The van der Waals surface area contributed by atoms with Crippen LogP contribution >= 0.6 is 0 Å². The third-order valence-electron chi connectivity index (χ3n) is 6.46. The highest BCUT2D eigenvalue weighted by molar-refractivity contribution is 6.07. The number of carbonyl (C=O) groups is 2. The van der Waals surface area contributed by atoms with Gasteiger partial charge in [0.15, 0.2) is 0 Å². The lowest BCUT2D eigenvalue weighted by Gasteiger charge is -2.40. The zero-order valence-electron chi connectivity index (χ0n) is 17.5. The zero-order chi connectivity index (χ0) is 20.6. The van der Waals surface area contributed by atoms with Crippen molar-refractivity contribution in [2.45, 2.75) is 38.3 Å². The van der Waals surface area contributed by atoms with E-state index in [4.69, 9.17) is 0 Å². The van der Waals surface area contributed by atoms with Gasteiger partial charge in [0.25, 0.3) is 5.91 Å². The molecule has 0 saturated carbocycles. The fraction of sp³-hybridized carbons (Fsp3) is 0.500. The second-order valence-electron chi connectivity index (χ2n) is 8.26. The van der Waals surface area contributed by atoms with Crippen molar-refractivity contribution in [3.05, 3.63) is 53.3 Å². The lowest BCUT2D eigenvalue weighted by molar-refractivity contribution is -0.135. The fourth-order valence-corrected chi connectivity index (χ4v) is 4.60. The first-order valence-electron chi connectivity index (χ1n) is 10.3. The van der Waals surface area contributed by atoms with Gasteiger partial charge in [-0.2, -0.15) is 5.10 Å². The van der Waals surface area contributed by atoms with Gasteiger partial charge < -0.3 is 4.90 Å². The predicted molar refractivity (Wildman–Crippen MR) is 110 cm³/mol. The molecule has 0 N–H and O–H groups in total. The van der Waals surface area contributed by atoms with Crippen LogP contribution in [0.1, 0.15) is 29.7 Å². The molecule has 7 heteroatoms. The van der Waals surface area contributed by atoms with Crippen LogP contribution < -0.4 is 0 Å². The molecule has 4 rings (SSSR count).